The van der Waals surface area contributed by atoms with Crippen LogP contribution in [-0.2, 0) is 15.0 Å². The number of benzene rings is 1. The molecule has 0 saturated heterocycles. The van der Waals surface area contributed by atoms with Crippen LogP contribution in [0.4, 0.5) is 0 Å². The summed E-state index contributed by atoms with van der Waals surface area (Å²) in [6.45, 7) is 1.86. The standard InChI is InChI=1S/C15H20O4/c1-2-15(14(18)19,11-7-6-10-13(16)17)12-8-4-3-5-9-12/h3-5,8-9H,2,6-7,10-11H2,1H3,(H,16,17)(H,18,19). The van der Waals surface area contributed by atoms with E-state index in [0.29, 0.717) is 25.7 Å². The fourth-order valence-corrected chi connectivity index (χ4v) is 2.37. The van der Waals surface area contributed by atoms with Gasteiger partial charge in [0.25, 0.3) is 0 Å². The van der Waals surface area contributed by atoms with E-state index in [1.165, 1.54) is 0 Å². The third-order valence-electron chi connectivity index (χ3n) is 3.58. The summed E-state index contributed by atoms with van der Waals surface area (Å²) < 4.78 is 0. The number of unbranched alkanes of at least 4 members (excludes halogenated alkanes) is 1. The van der Waals surface area contributed by atoms with Gasteiger partial charge < -0.3 is 10.2 Å². The first-order valence-electron chi connectivity index (χ1n) is 6.53. The van der Waals surface area contributed by atoms with Gasteiger partial charge in [-0.1, -0.05) is 43.7 Å². The normalized spacial score (nSPS) is 13.7. The molecule has 0 amide bonds. The highest BCUT2D eigenvalue weighted by Gasteiger charge is 2.37. The second-order valence-corrected chi connectivity index (χ2v) is 4.71. The number of carboxylic acid groups (broad SMARTS) is 2. The summed E-state index contributed by atoms with van der Waals surface area (Å²) in [4.78, 5) is 22.1. The van der Waals surface area contributed by atoms with Crippen molar-refractivity contribution < 1.29 is 19.8 Å². The van der Waals surface area contributed by atoms with E-state index in [4.69, 9.17) is 5.11 Å². The molecule has 4 heteroatoms. The Balaban J connectivity index is 2.82. The van der Waals surface area contributed by atoms with Crippen molar-refractivity contribution in [3.8, 4) is 0 Å². The molecule has 0 saturated carbocycles. The summed E-state index contributed by atoms with van der Waals surface area (Å²) in [5, 5.41) is 18.2. The second kappa shape index (κ2) is 6.92. The Labute approximate surface area is 113 Å². The monoisotopic (exact) mass is 264 g/mol. The Morgan fingerprint density at radius 2 is 1.74 bits per heavy atom. The van der Waals surface area contributed by atoms with Gasteiger partial charge in [-0.15, -0.1) is 0 Å². The predicted molar refractivity (Wildman–Crippen MR) is 72.2 cm³/mol. The maximum absolute atomic E-state index is 11.7. The first-order chi connectivity index (χ1) is 9.03. The Morgan fingerprint density at radius 1 is 1.11 bits per heavy atom. The van der Waals surface area contributed by atoms with Gasteiger partial charge in [0.05, 0.1) is 5.41 Å². The average Bonchev–Trinajstić information content (AvgIpc) is 2.39. The molecule has 1 aromatic carbocycles. The summed E-state index contributed by atoms with van der Waals surface area (Å²) in [7, 11) is 0. The van der Waals surface area contributed by atoms with Crippen LogP contribution in [-0.4, -0.2) is 22.2 Å². The van der Waals surface area contributed by atoms with Crippen molar-refractivity contribution in [2.75, 3.05) is 0 Å². The highest BCUT2D eigenvalue weighted by atomic mass is 16.4. The lowest BCUT2D eigenvalue weighted by Gasteiger charge is -2.28. The molecule has 104 valence electrons. The van der Waals surface area contributed by atoms with Crippen molar-refractivity contribution in [1.29, 1.82) is 0 Å². The molecule has 1 rings (SSSR count). The lowest BCUT2D eigenvalue weighted by molar-refractivity contribution is -0.144. The molecule has 0 aliphatic rings. The molecule has 0 bridgehead atoms. The summed E-state index contributed by atoms with van der Waals surface area (Å²) in [5.74, 6) is -1.67. The van der Waals surface area contributed by atoms with Gasteiger partial charge in [-0.3, -0.25) is 9.59 Å². The van der Waals surface area contributed by atoms with E-state index in [2.05, 4.69) is 0 Å². The van der Waals surface area contributed by atoms with Crippen molar-refractivity contribution in [2.24, 2.45) is 0 Å². The Morgan fingerprint density at radius 3 is 2.21 bits per heavy atom. The SMILES string of the molecule is CCC(CCCCC(=O)O)(C(=O)O)c1ccccc1. The quantitative estimate of drug-likeness (QED) is 0.708. The number of hydrogen-bond acceptors (Lipinski definition) is 2. The van der Waals surface area contributed by atoms with Crippen LogP contribution in [0.1, 0.15) is 44.6 Å². The van der Waals surface area contributed by atoms with Gasteiger partial charge in [0.2, 0.25) is 0 Å². The van der Waals surface area contributed by atoms with Crippen LogP contribution in [0.15, 0.2) is 30.3 Å². The third kappa shape index (κ3) is 3.81. The van der Waals surface area contributed by atoms with Crippen molar-refractivity contribution in [1.82, 2.24) is 0 Å². The van der Waals surface area contributed by atoms with Crippen LogP contribution in [0.25, 0.3) is 0 Å². The molecule has 0 fully saturated rings. The van der Waals surface area contributed by atoms with Gasteiger partial charge in [0.1, 0.15) is 0 Å². The van der Waals surface area contributed by atoms with Crippen LogP contribution in [0.3, 0.4) is 0 Å². The zero-order valence-corrected chi connectivity index (χ0v) is 11.1. The second-order valence-electron chi connectivity index (χ2n) is 4.71. The summed E-state index contributed by atoms with van der Waals surface area (Å²) in [5.41, 5.74) is -0.111. The highest BCUT2D eigenvalue weighted by Crippen LogP contribution is 2.34. The summed E-state index contributed by atoms with van der Waals surface area (Å²) in [6, 6.07) is 9.18. The topological polar surface area (TPSA) is 74.6 Å². The lowest BCUT2D eigenvalue weighted by Crippen LogP contribution is -2.35. The number of hydrogen-bond donors (Lipinski definition) is 2. The lowest BCUT2D eigenvalue weighted by atomic mass is 9.74. The van der Waals surface area contributed by atoms with Crippen LogP contribution < -0.4 is 0 Å². The van der Waals surface area contributed by atoms with E-state index < -0.39 is 17.4 Å². The fraction of sp³-hybridized carbons (Fsp3) is 0.467. The van der Waals surface area contributed by atoms with Crippen molar-refractivity contribution in [3.63, 3.8) is 0 Å². The van der Waals surface area contributed by atoms with Gasteiger partial charge in [-0.05, 0) is 24.8 Å². The largest absolute Gasteiger partial charge is 0.481 e. The third-order valence-corrected chi connectivity index (χ3v) is 3.58. The molecule has 0 spiro atoms. The molecule has 0 radical (unpaired) electrons. The van der Waals surface area contributed by atoms with E-state index in [-0.39, 0.29) is 6.42 Å². The molecule has 4 nitrogen and oxygen atoms in total. The molecule has 19 heavy (non-hydrogen) atoms. The minimum atomic E-state index is -0.903. The number of rotatable bonds is 8. The maximum Gasteiger partial charge on any atom is 0.314 e. The molecule has 2 N–H and O–H groups in total. The molecule has 0 heterocycles. The average molecular weight is 264 g/mol. The van der Waals surface area contributed by atoms with Gasteiger partial charge >= 0.3 is 11.9 Å². The fourth-order valence-electron chi connectivity index (χ4n) is 2.37. The number of carboxylic acids is 2. The molecule has 0 aliphatic heterocycles. The summed E-state index contributed by atoms with van der Waals surface area (Å²) >= 11 is 0. The molecule has 0 aromatic heterocycles. The van der Waals surface area contributed by atoms with Gasteiger partial charge in [0, 0.05) is 6.42 Å². The molecule has 0 aliphatic carbocycles. The Bertz CT molecular complexity index is 427. The molecular weight excluding hydrogens is 244 g/mol. The van der Waals surface area contributed by atoms with Crippen LogP contribution >= 0.6 is 0 Å². The summed E-state index contributed by atoms with van der Waals surface area (Å²) in [6.07, 6.45) is 2.17. The van der Waals surface area contributed by atoms with E-state index >= 15 is 0 Å². The van der Waals surface area contributed by atoms with Gasteiger partial charge in [-0.2, -0.15) is 0 Å². The van der Waals surface area contributed by atoms with Crippen molar-refractivity contribution >= 4 is 11.9 Å². The van der Waals surface area contributed by atoms with Crippen LogP contribution in [0.2, 0.25) is 0 Å². The van der Waals surface area contributed by atoms with E-state index in [1.807, 2.05) is 37.3 Å². The molecule has 1 unspecified atom stereocenters. The molecule has 1 aromatic rings. The zero-order valence-electron chi connectivity index (χ0n) is 11.1. The van der Waals surface area contributed by atoms with Crippen molar-refractivity contribution in [2.45, 2.75) is 44.4 Å². The number of aliphatic carboxylic acids is 2. The smallest absolute Gasteiger partial charge is 0.314 e. The first-order valence-corrected chi connectivity index (χ1v) is 6.53. The number of carbonyl (C=O) groups is 2. The Hall–Kier alpha value is -1.84. The zero-order chi connectivity index (χ0) is 14.3. The maximum atomic E-state index is 11.7. The van der Waals surface area contributed by atoms with Gasteiger partial charge in [0.15, 0.2) is 0 Å². The molecule has 1 atom stereocenters. The van der Waals surface area contributed by atoms with Crippen LogP contribution in [0, 0.1) is 0 Å². The van der Waals surface area contributed by atoms with E-state index in [9.17, 15) is 14.7 Å². The van der Waals surface area contributed by atoms with E-state index in [0.717, 1.165) is 5.56 Å². The van der Waals surface area contributed by atoms with Gasteiger partial charge in [-0.25, -0.2) is 0 Å². The minimum absolute atomic E-state index is 0.0915. The predicted octanol–water partition coefficient (Wildman–Crippen LogP) is 3.06. The first kappa shape index (κ1) is 15.2. The van der Waals surface area contributed by atoms with Crippen molar-refractivity contribution in [3.05, 3.63) is 35.9 Å². The Kier molecular flexibility index (Phi) is 5.55. The minimum Gasteiger partial charge on any atom is -0.481 e. The van der Waals surface area contributed by atoms with Crippen LogP contribution in [0.5, 0.6) is 0 Å². The highest BCUT2D eigenvalue weighted by molar-refractivity contribution is 5.81. The molecular formula is C15H20O4. The van der Waals surface area contributed by atoms with E-state index in [1.54, 1.807) is 0 Å².